The second-order valence-electron chi connectivity index (χ2n) is 5.51. The molecule has 0 spiro atoms. The molecule has 102 valence electrons. The number of fused-ring (bicyclic) bond motifs is 2. The standard InChI is InChI=1S/C14H19N3OS/c1-9-8-19-14(16-9)17-13(18)15-7-12-6-10-2-4-11(12)5-3-10/h2,4,8,10-12H,3,5-7H2,1H3,(H2,15,16,17,18). The summed E-state index contributed by atoms with van der Waals surface area (Å²) in [5.41, 5.74) is 0.940. The number of urea groups is 1. The van der Waals surface area contributed by atoms with Crippen LogP contribution in [0.2, 0.25) is 0 Å². The molecule has 1 saturated carbocycles. The number of carbonyl (C=O) groups is 1. The van der Waals surface area contributed by atoms with E-state index >= 15 is 0 Å². The molecule has 4 rings (SSSR count). The smallest absolute Gasteiger partial charge is 0.321 e. The molecular formula is C14H19N3OS. The Morgan fingerprint density at radius 2 is 2.37 bits per heavy atom. The van der Waals surface area contributed by atoms with E-state index in [2.05, 4.69) is 27.8 Å². The van der Waals surface area contributed by atoms with Crippen molar-refractivity contribution in [3.05, 3.63) is 23.2 Å². The first-order chi connectivity index (χ1) is 9.20. The SMILES string of the molecule is Cc1csc(NC(=O)NCC2CC3C=CC2CC3)n1. The summed E-state index contributed by atoms with van der Waals surface area (Å²) in [7, 11) is 0. The Morgan fingerprint density at radius 1 is 1.47 bits per heavy atom. The van der Waals surface area contributed by atoms with E-state index in [4.69, 9.17) is 0 Å². The lowest BCUT2D eigenvalue weighted by molar-refractivity contribution is 0.211. The summed E-state index contributed by atoms with van der Waals surface area (Å²) in [6.07, 6.45) is 8.51. The lowest BCUT2D eigenvalue weighted by atomic mass is 9.69. The van der Waals surface area contributed by atoms with Crippen molar-refractivity contribution in [3.8, 4) is 0 Å². The molecule has 0 radical (unpaired) electrons. The largest absolute Gasteiger partial charge is 0.338 e. The fourth-order valence-electron chi connectivity index (χ4n) is 3.06. The van der Waals surface area contributed by atoms with E-state index in [1.54, 1.807) is 0 Å². The summed E-state index contributed by atoms with van der Waals surface area (Å²) < 4.78 is 0. The number of amides is 2. The third-order valence-electron chi connectivity index (χ3n) is 4.08. The van der Waals surface area contributed by atoms with E-state index in [1.165, 1.54) is 30.6 Å². The van der Waals surface area contributed by atoms with E-state index in [1.807, 2.05) is 12.3 Å². The molecule has 1 aromatic rings. The van der Waals surface area contributed by atoms with Gasteiger partial charge in [-0.1, -0.05) is 12.2 Å². The van der Waals surface area contributed by atoms with E-state index in [9.17, 15) is 4.79 Å². The van der Waals surface area contributed by atoms with Gasteiger partial charge < -0.3 is 5.32 Å². The fraction of sp³-hybridized carbons (Fsp3) is 0.571. The molecule has 1 fully saturated rings. The number of nitrogens with one attached hydrogen (secondary N) is 2. The van der Waals surface area contributed by atoms with Crippen LogP contribution in [0, 0.1) is 24.7 Å². The van der Waals surface area contributed by atoms with Crippen molar-refractivity contribution in [1.29, 1.82) is 0 Å². The van der Waals surface area contributed by atoms with Crippen molar-refractivity contribution in [1.82, 2.24) is 10.3 Å². The quantitative estimate of drug-likeness (QED) is 0.834. The minimum Gasteiger partial charge on any atom is -0.338 e. The van der Waals surface area contributed by atoms with Crippen LogP contribution in [-0.2, 0) is 0 Å². The van der Waals surface area contributed by atoms with Gasteiger partial charge in [-0.3, -0.25) is 5.32 Å². The van der Waals surface area contributed by atoms with Crippen molar-refractivity contribution in [3.63, 3.8) is 0 Å². The molecule has 1 heterocycles. The van der Waals surface area contributed by atoms with Crippen LogP contribution in [-0.4, -0.2) is 17.6 Å². The molecule has 3 aliphatic carbocycles. The first-order valence-electron chi connectivity index (χ1n) is 6.86. The van der Waals surface area contributed by atoms with Crippen LogP contribution in [0.5, 0.6) is 0 Å². The topological polar surface area (TPSA) is 54.0 Å². The Kier molecular flexibility index (Phi) is 3.55. The number of nitrogens with zero attached hydrogens (tertiary/aromatic N) is 1. The Labute approximate surface area is 117 Å². The van der Waals surface area contributed by atoms with Crippen molar-refractivity contribution >= 4 is 22.5 Å². The average Bonchev–Trinajstić information content (AvgIpc) is 2.83. The molecule has 0 aliphatic heterocycles. The van der Waals surface area contributed by atoms with Gasteiger partial charge in [-0.25, -0.2) is 9.78 Å². The van der Waals surface area contributed by atoms with E-state index in [0.29, 0.717) is 17.0 Å². The third kappa shape index (κ3) is 2.97. The molecule has 2 N–H and O–H groups in total. The zero-order valence-electron chi connectivity index (χ0n) is 11.1. The molecule has 1 aromatic heterocycles. The van der Waals surface area contributed by atoms with Gasteiger partial charge in [-0.05, 0) is 43.9 Å². The number of thiazole rings is 1. The second-order valence-corrected chi connectivity index (χ2v) is 6.37. The first kappa shape index (κ1) is 12.7. The molecular weight excluding hydrogens is 258 g/mol. The van der Waals surface area contributed by atoms with E-state index in [-0.39, 0.29) is 6.03 Å². The number of anilines is 1. The van der Waals surface area contributed by atoms with Gasteiger partial charge in [0.25, 0.3) is 0 Å². The van der Waals surface area contributed by atoms with Gasteiger partial charge >= 0.3 is 6.03 Å². The first-order valence-corrected chi connectivity index (χ1v) is 7.74. The van der Waals surface area contributed by atoms with Crippen LogP contribution < -0.4 is 10.6 Å². The highest BCUT2D eigenvalue weighted by Crippen LogP contribution is 2.39. The molecule has 19 heavy (non-hydrogen) atoms. The zero-order chi connectivity index (χ0) is 13.2. The van der Waals surface area contributed by atoms with Crippen LogP contribution in [0.15, 0.2) is 17.5 Å². The van der Waals surface area contributed by atoms with Gasteiger partial charge in [-0.2, -0.15) is 0 Å². The van der Waals surface area contributed by atoms with Gasteiger partial charge in [0.05, 0.1) is 5.69 Å². The molecule has 3 unspecified atom stereocenters. The molecule has 3 atom stereocenters. The molecule has 2 amide bonds. The van der Waals surface area contributed by atoms with Crippen molar-refractivity contribution < 1.29 is 4.79 Å². The fourth-order valence-corrected chi connectivity index (χ4v) is 3.75. The number of hydrogen-bond donors (Lipinski definition) is 2. The van der Waals surface area contributed by atoms with Crippen LogP contribution in [0.1, 0.15) is 25.0 Å². The molecule has 2 bridgehead atoms. The lowest BCUT2D eigenvalue weighted by Gasteiger charge is -2.38. The summed E-state index contributed by atoms with van der Waals surface area (Å²) >= 11 is 1.46. The van der Waals surface area contributed by atoms with Gasteiger partial charge in [0.15, 0.2) is 5.13 Å². The summed E-state index contributed by atoms with van der Waals surface area (Å²) in [5, 5.41) is 8.36. The van der Waals surface area contributed by atoms with Gasteiger partial charge in [0.2, 0.25) is 0 Å². The number of carbonyl (C=O) groups excluding carboxylic acids is 1. The summed E-state index contributed by atoms with van der Waals surface area (Å²) in [6, 6.07) is -0.139. The molecule has 4 nitrogen and oxygen atoms in total. The number of rotatable bonds is 3. The highest BCUT2D eigenvalue weighted by atomic mass is 32.1. The maximum Gasteiger partial charge on any atom is 0.321 e. The Hall–Kier alpha value is -1.36. The van der Waals surface area contributed by atoms with Crippen LogP contribution in [0.25, 0.3) is 0 Å². The Morgan fingerprint density at radius 3 is 2.95 bits per heavy atom. The minimum absolute atomic E-state index is 0.139. The predicted octanol–water partition coefficient (Wildman–Crippen LogP) is 3.18. The van der Waals surface area contributed by atoms with Gasteiger partial charge in [-0.15, -0.1) is 11.3 Å². The zero-order valence-corrected chi connectivity index (χ0v) is 11.9. The van der Waals surface area contributed by atoms with Crippen LogP contribution >= 0.6 is 11.3 Å². The summed E-state index contributed by atoms with van der Waals surface area (Å²) in [5.74, 6) is 2.00. The summed E-state index contributed by atoms with van der Waals surface area (Å²) in [4.78, 5) is 16.0. The normalized spacial score (nSPS) is 28.4. The van der Waals surface area contributed by atoms with Crippen molar-refractivity contribution in [2.24, 2.45) is 17.8 Å². The van der Waals surface area contributed by atoms with Gasteiger partial charge in [0.1, 0.15) is 0 Å². The number of aryl methyl sites for hydroxylation is 1. The highest BCUT2D eigenvalue weighted by Gasteiger charge is 2.31. The van der Waals surface area contributed by atoms with E-state index < -0.39 is 0 Å². The third-order valence-corrected chi connectivity index (χ3v) is 4.95. The number of hydrogen-bond acceptors (Lipinski definition) is 3. The molecule has 5 heteroatoms. The van der Waals surface area contributed by atoms with Crippen LogP contribution in [0.3, 0.4) is 0 Å². The highest BCUT2D eigenvalue weighted by molar-refractivity contribution is 7.13. The molecule has 3 aliphatic rings. The maximum absolute atomic E-state index is 11.8. The Balaban J connectivity index is 1.47. The average molecular weight is 277 g/mol. The van der Waals surface area contributed by atoms with Crippen molar-refractivity contribution in [2.75, 3.05) is 11.9 Å². The van der Waals surface area contributed by atoms with Crippen LogP contribution in [0.4, 0.5) is 9.93 Å². The number of allylic oxidation sites excluding steroid dienone is 2. The minimum atomic E-state index is -0.139. The molecule has 0 aromatic carbocycles. The monoisotopic (exact) mass is 277 g/mol. The van der Waals surface area contributed by atoms with Crippen molar-refractivity contribution in [2.45, 2.75) is 26.2 Å². The van der Waals surface area contributed by atoms with Gasteiger partial charge in [0, 0.05) is 11.9 Å². The summed E-state index contributed by atoms with van der Waals surface area (Å²) in [6.45, 7) is 2.69. The predicted molar refractivity (Wildman–Crippen MR) is 77.3 cm³/mol. The van der Waals surface area contributed by atoms with E-state index in [0.717, 1.165) is 18.2 Å². The molecule has 0 saturated heterocycles. The lowest BCUT2D eigenvalue weighted by Crippen LogP contribution is -2.39. The second kappa shape index (κ2) is 5.33. The Bertz CT molecular complexity index is 497. The number of aromatic nitrogens is 1. The maximum atomic E-state index is 11.8.